The number of hydrogen-bond donors (Lipinski definition) is 1. The molecule has 0 aliphatic carbocycles. The number of halogens is 1. The first kappa shape index (κ1) is 27.7. The molecule has 4 aromatic rings. The van der Waals surface area contributed by atoms with Crippen molar-refractivity contribution < 1.29 is 9.53 Å². The Morgan fingerprint density at radius 2 is 1.76 bits per heavy atom. The summed E-state index contributed by atoms with van der Waals surface area (Å²) < 4.78 is 8.31. The molecule has 1 unspecified atom stereocenters. The van der Waals surface area contributed by atoms with Crippen LogP contribution >= 0.6 is 11.6 Å². The van der Waals surface area contributed by atoms with Gasteiger partial charge in [-0.05, 0) is 73.1 Å². The molecular formula is C32H38ClN3O2. The maximum Gasteiger partial charge on any atom is 0.224 e. The molecule has 4 rings (SSSR count). The first-order valence-electron chi connectivity index (χ1n) is 13.7. The molecule has 200 valence electrons. The van der Waals surface area contributed by atoms with Gasteiger partial charge >= 0.3 is 0 Å². The van der Waals surface area contributed by atoms with Gasteiger partial charge in [-0.2, -0.15) is 0 Å². The maximum atomic E-state index is 12.3. The number of amides is 1. The summed E-state index contributed by atoms with van der Waals surface area (Å²) >= 11 is 6.18. The lowest BCUT2D eigenvalue weighted by atomic mass is 9.99. The molecule has 6 heteroatoms. The number of nitrogens with zero attached hydrogens (tertiary/aromatic N) is 2. The summed E-state index contributed by atoms with van der Waals surface area (Å²) in [5.41, 5.74) is 4.38. The summed E-state index contributed by atoms with van der Waals surface area (Å²) in [5.74, 6) is 2.56. The topological polar surface area (TPSA) is 56.1 Å². The van der Waals surface area contributed by atoms with Crippen LogP contribution in [0.5, 0.6) is 5.75 Å². The number of ether oxygens (including phenoxy) is 1. The van der Waals surface area contributed by atoms with E-state index in [1.54, 1.807) is 0 Å². The van der Waals surface area contributed by atoms with Gasteiger partial charge in [-0.15, -0.1) is 0 Å². The monoisotopic (exact) mass is 531 g/mol. The van der Waals surface area contributed by atoms with Gasteiger partial charge in [0.05, 0.1) is 24.1 Å². The Balaban J connectivity index is 1.24. The Morgan fingerprint density at radius 1 is 1.00 bits per heavy atom. The fraction of sp³-hybridized carbons (Fsp3) is 0.375. The summed E-state index contributed by atoms with van der Waals surface area (Å²) in [4.78, 5) is 17.2. The predicted octanol–water partition coefficient (Wildman–Crippen LogP) is 7.35. The highest BCUT2D eigenvalue weighted by Crippen LogP contribution is 2.22. The van der Waals surface area contributed by atoms with Crippen LogP contribution in [0.25, 0.3) is 11.0 Å². The Bertz CT molecular complexity index is 1320. The highest BCUT2D eigenvalue weighted by Gasteiger charge is 2.11. The van der Waals surface area contributed by atoms with Crippen molar-refractivity contribution in [3.05, 3.63) is 94.8 Å². The number of imidazole rings is 1. The van der Waals surface area contributed by atoms with Gasteiger partial charge < -0.3 is 14.6 Å². The van der Waals surface area contributed by atoms with Crippen LogP contribution in [0.15, 0.2) is 72.8 Å². The third-order valence-corrected chi connectivity index (χ3v) is 7.42. The molecule has 1 aromatic heterocycles. The van der Waals surface area contributed by atoms with E-state index in [1.165, 1.54) is 5.56 Å². The van der Waals surface area contributed by atoms with Gasteiger partial charge in [-0.3, -0.25) is 4.79 Å². The van der Waals surface area contributed by atoms with Crippen LogP contribution in [0.4, 0.5) is 0 Å². The number of carbonyl (C=O) groups excluding carboxylic acids is 1. The van der Waals surface area contributed by atoms with Gasteiger partial charge in [0.1, 0.15) is 11.6 Å². The van der Waals surface area contributed by atoms with Gasteiger partial charge in [0.15, 0.2) is 0 Å². The third-order valence-electron chi connectivity index (χ3n) is 7.05. The second kappa shape index (κ2) is 14.0. The number of fused-ring (bicyclic) bond motifs is 1. The van der Waals surface area contributed by atoms with E-state index in [1.807, 2.05) is 30.3 Å². The summed E-state index contributed by atoms with van der Waals surface area (Å²) in [6, 6.07) is 24.3. The van der Waals surface area contributed by atoms with Gasteiger partial charge in [-0.25, -0.2) is 4.98 Å². The third kappa shape index (κ3) is 7.61. The second-order valence-electron chi connectivity index (χ2n) is 9.82. The number of carbonyl (C=O) groups is 1. The number of para-hydroxylation sites is 2. The fourth-order valence-corrected chi connectivity index (χ4v) is 4.81. The van der Waals surface area contributed by atoms with Gasteiger partial charge in [-0.1, -0.05) is 67.9 Å². The van der Waals surface area contributed by atoms with Crippen molar-refractivity contribution in [1.29, 1.82) is 0 Å². The summed E-state index contributed by atoms with van der Waals surface area (Å²) in [6.07, 6.45) is 5.04. The quantitative estimate of drug-likeness (QED) is 0.173. The number of aromatic nitrogens is 2. The number of hydrogen-bond acceptors (Lipinski definition) is 3. The van der Waals surface area contributed by atoms with Gasteiger partial charge in [0.25, 0.3) is 0 Å². The first-order valence-corrected chi connectivity index (χ1v) is 14.1. The molecule has 0 aliphatic heterocycles. The number of aryl methyl sites for hydroxylation is 2. The molecule has 0 spiro atoms. The van der Waals surface area contributed by atoms with E-state index < -0.39 is 0 Å². The summed E-state index contributed by atoms with van der Waals surface area (Å²) in [7, 11) is 0. The standard InChI is InChI=1S/C32H38ClN3O2/c1-3-24(2)25-16-18-27(19-17-25)38-22-9-8-21-36-30-14-7-6-13-29(30)35-31(36)15-10-20-34-32(37)23-26-11-4-5-12-28(26)33/h4-7,11-14,16-19,24H,3,8-10,15,20-23H2,1-2H3,(H,34,37). The average molecular weight is 532 g/mol. The molecule has 1 atom stereocenters. The van der Waals surface area contributed by atoms with E-state index in [2.05, 4.69) is 66.2 Å². The van der Waals surface area contributed by atoms with Crippen LogP contribution in [-0.4, -0.2) is 28.6 Å². The van der Waals surface area contributed by atoms with Gasteiger partial charge in [0, 0.05) is 24.5 Å². The number of rotatable bonds is 14. The van der Waals surface area contributed by atoms with Crippen LogP contribution in [0, 0.1) is 0 Å². The Morgan fingerprint density at radius 3 is 2.55 bits per heavy atom. The molecular weight excluding hydrogens is 494 g/mol. The van der Waals surface area contributed by atoms with E-state index in [4.69, 9.17) is 21.3 Å². The minimum Gasteiger partial charge on any atom is -0.494 e. The molecule has 5 nitrogen and oxygen atoms in total. The number of unbranched alkanes of at least 4 members (excludes halogenated alkanes) is 1. The second-order valence-corrected chi connectivity index (χ2v) is 10.2. The minimum absolute atomic E-state index is 0.0129. The lowest BCUT2D eigenvalue weighted by molar-refractivity contribution is -0.120. The highest BCUT2D eigenvalue weighted by atomic mass is 35.5. The van der Waals surface area contributed by atoms with E-state index in [9.17, 15) is 4.79 Å². The molecule has 38 heavy (non-hydrogen) atoms. The molecule has 0 saturated heterocycles. The number of nitrogens with one attached hydrogen (secondary N) is 1. The molecule has 3 aromatic carbocycles. The molecule has 1 amide bonds. The highest BCUT2D eigenvalue weighted by molar-refractivity contribution is 6.31. The zero-order valence-corrected chi connectivity index (χ0v) is 23.2. The van der Waals surface area contributed by atoms with E-state index >= 15 is 0 Å². The molecule has 0 fully saturated rings. The van der Waals surface area contributed by atoms with E-state index in [0.29, 0.717) is 30.5 Å². The van der Waals surface area contributed by atoms with Crippen LogP contribution in [0.1, 0.15) is 62.4 Å². The molecule has 0 saturated carbocycles. The summed E-state index contributed by atoms with van der Waals surface area (Å²) in [6.45, 7) is 6.66. The maximum absolute atomic E-state index is 12.3. The zero-order valence-electron chi connectivity index (χ0n) is 22.5. The van der Waals surface area contributed by atoms with Gasteiger partial charge in [0.2, 0.25) is 5.91 Å². The molecule has 0 radical (unpaired) electrons. The molecule has 1 heterocycles. The normalized spacial score (nSPS) is 12.0. The van der Waals surface area contributed by atoms with Crippen molar-refractivity contribution in [1.82, 2.24) is 14.9 Å². The van der Waals surface area contributed by atoms with Crippen LogP contribution in [-0.2, 0) is 24.2 Å². The van der Waals surface area contributed by atoms with Crippen molar-refractivity contribution in [2.24, 2.45) is 0 Å². The average Bonchev–Trinajstić information content (AvgIpc) is 3.29. The molecule has 0 aliphatic rings. The predicted molar refractivity (Wildman–Crippen MR) is 156 cm³/mol. The van der Waals surface area contributed by atoms with Crippen molar-refractivity contribution in [2.75, 3.05) is 13.2 Å². The van der Waals surface area contributed by atoms with E-state index in [0.717, 1.165) is 66.8 Å². The Labute approximate surface area is 231 Å². The Hall–Kier alpha value is -3.31. The van der Waals surface area contributed by atoms with Crippen LogP contribution in [0.2, 0.25) is 5.02 Å². The first-order chi connectivity index (χ1) is 18.5. The lowest BCUT2D eigenvalue weighted by Crippen LogP contribution is -2.26. The summed E-state index contributed by atoms with van der Waals surface area (Å²) in [5, 5.41) is 3.65. The molecule has 0 bridgehead atoms. The van der Waals surface area contributed by atoms with Crippen molar-refractivity contribution in [2.45, 2.75) is 64.8 Å². The van der Waals surface area contributed by atoms with Crippen LogP contribution in [0.3, 0.4) is 0 Å². The van der Waals surface area contributed by atoms with Crippen molar-refractivity contribution in [3.8, 4) is 5.75 Å². The smallest absolute Gasteiger partial charge is 0.224 e. The van der Waals surface area contributed by atoms with Crippen molar-refractivity contribution in [3.63, 3.8) is 0 Å². The Kier molecular flexibility index (Phi) is 10.2. The largest absolute Gasteiger partial charge is 0.494 e. The minimum atomic E-state index is -0.0129. The lowest BCUT2D eigenvalue weighted by Gasteiger charge is -2.12. The van der Waals surface area contributed by atoms with Crippen LogP contribution < -0.4 is 10.1 Å². The molecule has 1 N–H and O–H groups in total. The SMILES string of the molecule is CCC(C)c1ccc(OCCCCn2c(CCCNC(=O)Cc3ccccc3Cl)nc3ccccc32)cc1. The van der Waals surface area contributed by atoms with Crippen molar-refractivity contribution >= 4 is 28.5 Å². The zero-order chi connectivity index (χ0) is 26.7. The number of benzene rings is 3. The van der Waals surface area contributed by atoms with E-state index in [-0.39, 0.29) is 5.91 Å². The fourth-order valence-electron chi connectivity index (χ4n) is 4.61.